The van der Waals surface area contributed by atoms with Crippen molar-refractivity contribution in [3.05, 3.63) is 63.4 Å². The van der Waals surface area contributed by atoms with Gasteiger partial charge in [0.15, 0.2) is 5.11 Å². The highest BCUT2D eigenvalue weighted by atomic mass is 79.9. The molecule has 0 unspecified atom stereocenters. The van der Waals surface area contributed by atoms with E-state index in [1.807, 2.05) is 6.92 Å². The Morgan fingerprint density at radius 3 is 2.59 bits per heavy atom. The quantitative estimate of drug-likeness (QED) is 0.710. The molecule has 0 radical (unpaired) electrons. The van der Waals surface area contributed by atoms with Gasteiger partial charge in [0.2, 0.25) is 0 Å². The van der Waals surface area contributed by atoms with Gasteiger partial charge in [0.25, 0.3) is 0 Å². The second-order valence-corrected chi connectivity index (χ2v) is 6.63. The van der Waals surface area contributed by atoms with Crippen LogP contribution in [0.3, 0.4) is 0 Å². The Hall–Kier alpha value is -1.46. The molecule has 2 rings (SSSR count). The maximum atomic E-state index is 13.8. The van der Waals surface area contributed by atoms with E-state index >= 15 is 0 Å². The predicted molar refractivity (Wildman–Crippen MR) is 97.8 cm³/mol. The Balaban J connectivity index is 2.06. The predicted octanol–water partition coefficient (Wildman–Crippen LogP) is 5.25. The lowest BCUT2D eigenvalue weighted by Crippen LogP contribution is -2.31. The first-order chi connectivity index (χ1) is 10.4. The zero-order chi connectivity index (χ0) is 16.3. The first-order valence-corrected chi connectivity index (χ1v) is 8.16. The van der Waals surface area contributed by atoms with Crippen molar-refractivity contribution in [1.82, 2.24) is 5.32 Å². The van der Waals surface area contributed by atoms with Gasteiger partial charge < -0.3 is 10.6 Å². The summed E-state index contributed by atoms with van der Waals surface area (Å²) in [6.07, 6.45) is 0. The molecule has 2 aromatic carbocycles. The maximum Gasteiger partial charge on any atom is 0.171 e. The van der Waals surface area contributed by atoms with Gasteiger partial charge in [0, 0.05) is 4.47 Å². The summed E-state index contributed by atoms with van der Waals surface area (Å²) in [4.78, 5) is 0. The van der Waals surface area contributed by atoms with E-state index < -0.39 is 0 Å². The van der Waals surface area contributed by atoms with E-state index in [2.05, 4.69) is 58.6 Å². The third-order valence-corrected chi connectivity index (χ3v) is 4.14. The van der Waals surface area contributed by atoms with Crippen LogP contribution in [-0.4, -0.2) is 5.11 Å². The van der Waals surface area contributed by atoms with Crippen molar-refractivity contribution in [2.24, 2.45) is 0 Å². The number of hydrogen-bond donors (Lipinski definition) is 2. The van der Waals surface area contributed by atoms with Gasteiger partial charge in [-0.25, -0.2) is 4.39 Å². The van der Waals surface area contributed by atoms with Crippen LogP contribution in [0.5, 0.6) is 0 Å². The van der Waals surface area contributed by atoms with Crippen LogP contribution in [0.25, 0.3) is 0 Å². The molecule has 1 atom stereocenters. The van der Waals surface area contributed by atoms with Gasteiger partial charge in [-0.1, -0.05) is 39.7 Å². The summed E-state index contributed by atoms with van der Waals surface area (Å²) in [5.41, 5.74) is 3.93. The van der Waals surface area contributed by atoms with Crippen molar-refractivity contribution in [3.8, 4) is 0 Å². The van der Waals surface area contributed by atoms with Crippen LogP contribution in [0, 0.1) is 19.7 Å². The lowest BCUT2D eigenvalue weighted by molar-refractivity contribution is 0.630. The molecule has 0 saturated heterocycles. The first-order valence-electron chi connectivity index (χ1n) is 6.96. The largest absolute Gasteiger partial charge is 0.356 e. The van der Waals surface area contributed by atoms with Crippen molar-refractivity contribution >= 4 is 38.9 Å². The van der Waals surface area contributed by atoms with Crippen molar-refractivity contribution < 1.29 is 4.39 Å². The highest BCUT2D eigenvalue weighted by Gasteiger charge is 2.11. The molecule has 5 heteroatoms. The van der Waals surface area contributed by atoms with Gasteiger partial charge in [0.1, 0.15) is 5.82 Å². The fourth-order valence-electron chi connectivity index (χ4n) is 2.25. The van der Waals surface area contributed by atoms with E-state index in [-0.39, 0.29) is 11.9 Å². The molecule has 0 saturated carbocycles. The number of rotatable bonds is 3. The van der Waals surface area contributed by atoms with Crippen molar-refractivity contribution in [3.63, 3.8) is 0 Å². The lowest BCUT2D eigenvalue weighted by Gasteiger charge is -2.20. The molecule has 2 N–H and O–H groups in total. The molecule has 0 fully saturated rings. The van der Waals surface area contributed by atoms with Crippen LogP contribution in [-0.2, 0) is 0 Å². The van der Waals surface area contributed by atoms with Crippen LogP contribution >= 0.6 is 28.1 Å². The Morgan fingerprint density at radius 1 is 1.18 bits per heavy atom. The monoisotopic (exact) mass is 380 g/mol. The zero-order valence-corrected chi connectivity index (χ0v) is 15.1. The summed E-state index contributed by atoms with van der Waals surface area (Å²) >= 11 is 8.51. The second kappa shape index (κ2) is 7.20. The molecule has 116 valence electrons. The van der Waals surface area contributed by atoms with E-state index in [4.69, 9.17) is 12.2 Å². The van der Waals surface area contributed by atoms with Crippen LogP contribution in [0.2, 0.25) is 0 Å². The molecule has 0 aliphatic rings. The molecule has 0 aromatic heterocycles. The summed E-state index contributed by atoms with van der Waals surface area (Å²) in [7, 11) is 0. The molecule has 2 nitrogen and oxygen atoms in total. The fourth-order valence-corrected chi connectivity index (χ4v) is 2.87. The Kier molecular flexibility index (Phi) is 5.53. The summed E-state index contributed by atoms with van der Waals surface area (Å²) < 4.78 is 14.5. The molecule has 0 aliphatic heterocycles. The number of hydrogen-bond acceptors (Lipinski definition) is 1. The SMILES string of the molecule is Cc1ccc(C)c([C@H](C)NC(=S)Nc2ccc(Br)cc2F)c1. The average Bonchev–Trinajstić information content (AvgIpc) is 2.44. The summed E-state index contributed by atoms with van der Waals surface area (Å²) in [6, 6.07) is 11.2. The highest BCUT2D eigenvalue weighted by Crippen LogP contribution is 2.21. The normalized spacial score (nSPS) is 11.9. The average molecular weight is 381 g/mol. The van der Waals surface area contributed by atoms with Crippen molar-refractivity contribution in [1.29, 1.82) is 0 Å². The van der Waals surface area contributed by atoms with Crippen LogP contribution in [0.15, 0.2) is 40.9 Å². The molecule has 0 heterocycles. The summed E-state index contributed by atoms with van der Waals surface area (Å²) in [6.45, 7) is 6.16. The van der Waals surface area contributed by atoms with Crippen LogP contribution in [0.1, 0.15) is 29.7 Å². The highest BCUT2D eigenvalue weighted by molar-refractivity contribution is 9.10. The van der Waals surface area contributed by atoms with E-state index in [1.165, 1.54) is 22.8 Å². The molecule has 0 spiro atoms. The van der Waals surface area contributed by atoms with Gasteiger partial charge in [-0.3, -0.25) is 0 Å². The Bertz CT molecular complexity index is 703. The first kappa shape index (κ1) is 16.9. The van der Waals surface area contributed by atoms with Gasteiger partial charge in [-0.15, -0.1) is 0 Å². The van der Waals surface area contributed by atoms with Gasteiger partial charge >= 0.3 is 0 Å². The van der Waals surface area contributed by atoms with Crippen LogP contribution in [0.4, 0.5) is 10.1 Å². The molecular formula is C17H18BrFN2S. The van der Waals surface area contributed by atoms with Gasteiger partial charge in [0.05, 0.1) is 11.7 Å². The van der Waals surface area contributed by atoms with Gasteiger partial charge in [-0.2, -0.15) is 0 Å². The number of benzene rings is 2. The van der Waals surface area contributed by atoms with Gasteiger partial charge in [-0.05, 0) is 62.3 Å². The number of nitrogens with one attached hydrogen (secondary N) is 2. The Morgan fingerprint density at radius 2 is 1.91 bits per heavy atom. The van der Waals surface area contributed by atoms with E-state index in [1.54, 1.807) is 12.1 Å². The summed E-state index contributed by atoms with van der Waals surface area (Å²) in [5, 5.41) is 6.49. The van der Waals surface area contributed by atoms with E-state index in [9.17, 15) is 4.39 Å². The zero-order valence-electron chi connectivity index (χ0n) is 12.7. The minimum atomic E-state index is -0.349. The smallest absolute Gasteiger partial charge is 0.171 e. The topological polar surface area (TPSA) is 24.1 Å². The number of halogens is 2. The fraction of sp³-hybridized carbons (Fsp3) is 0.235. The molecular weight excluding hydrogens is 363 g/mol. The summed E-state index contributed by atoms with van der Waals surface area (Å²) in [5.74, 6) is -0.349. The number of anilines is 1. The lowest BCUT2D eigenvalue weighted by atomic mass is 10.0. The third-order valence-electron chi connectivity index (χ3n) is 3.43. The standard InChI is InChI=1S/C17H18BrFN2S/c1-10-4-5-11(2)14(8-10)12(3)20-17(22)21-16-7-6-13(18)9-15(16)19/h4-9,12H,1-3H3,(H2,20,21,22)/t12-/m0/s1. The molecule has 0 amide bonds. The Labute approximate surface area is 144 Å². The minimum Gasteiger partial charge on any atom is -0.356 e. The molecule has 22 heavy (non-hydrogen) atoms. The molecule has 2 aromatic rings. The third kappa shape index (κ3) is 4.27. The number of aryl methyl sites for hydroxylation is 2. The number of thiocarbonyl (C=S) groups is 1. The van der Waals surface area contributed by atoms with E-state index in [0.29, 0.717) is 15.3 Å². The minimum absolute atomic E-state index is 0.0402. The molecule has 0 bridgehead atoms. The van der Waals surface area contributed by atoms with Crippen molar-refractivity contribution in [2.75, 3.05) is 5.32 Å². The van der Waals surface area contributed by atoms with Crippen molar-refractivity contribution in [2.45, 2.75) is 26.8 Å². The van der Waals surface area contributed by atoms with Crippen LogP contribution < -0.4 is 10.6 Å². The second-order valence-electron chi connectivity index (χ2n) is 5.30. The maximum absolute atomic E-state index is 13.8. The molecule has 0 aliphatic carbocycles. The van der Waals surface area contributed by atoms with E-state index in [0.717, 1.165) is 0 Å².